The first kappa shape index (κ1) is 13.5. The average molecular weight is 280 g/mol. The number of hydrogen-bond acceptors (Lipinski definition) is 4. The van der Waals surface area contributed by atoms with Crippen LogP contribution in [0, 0.1) is 0 Å². The Balaban J connectivity index is 2.42. The van der Waals surface area contributed by atoms with Gasteiger partial charge in [-0.05, 0) is 19.1 Å². The Bertz CT molecular complexity index is 637. The lowest BCUT2D eigenvalue weighted by Crippen LogP contribution is -2.31. The average Bonchev–Trinajstić information content (AvgIpc) is 2.90. The highest BCUT2D eigenvalue weighted by molar-refractivity contribution is 7.92. The van der Waals surface area contributed by atoms with E-state index in [4.69, 9.17) is 0 Å². The number of rotatable bonds is 5. The molecule has 0 spiro atoms. The van der Waals surface area contributed by atoms with Gasteiger partial charge >= 0.3 is 0 Å². The Labute approximate surface area is 112 Å². The molecule has 0 amide bonds. The monoisotopic (exact) mass is 280 g/mol. The molecule has 6 nitrogen and oxygen atoms in total. The van der Waals surface area contributed by atoms with Crippen LogP contribution < -0.4 is 4.31 Å². The number of nitrogens with zero attached hydrogens (tertiary/aromatic N) is 3. The van der Waals surface area contributed by atoms with Crippen molar-refractivity contribution in [1.82, 2.24) is 15.0 Å². The molecule has 0 aliphatic heterocycles. The minimum Gasteiger partial charge on any atom is -0.332 e. The van der Waals surface area contributed by atoms with E-state index in [1.165, 1.54) is 10.5 Å². The minimum atomic E-state index is -3.61. The van der Waals surface area contributed by atoms with Gasteiger partial charge in [0.05, 0.1) is 11.9 Å². The third-order valence-corrected chi connectivity index (χ3v) is 4.56. The van der Waals surface area contributed by atoms with Crippen LogP contribution >= 0.6 is 0 Å². The first-order valence-corrected chi connectivity index (χ1v) is 7.50. The van der Waals surface area contributed by atoms with Crippen LogP contribution in [0.25, 0.3) is 0 Å². The molecule has 0 fully saturated rings. The lowest BCUT2D eigenvalue weighted by Gasteiger charge is -2.21. The minimum absolute atomic E-state index is 0.114. The van der Waals surface area contributed by atoms with E-state index in [0.717, 1.165) is 0 Å². The second-order valence-corrected chi connectivity index (χ2v) is 5.75. The molecule has 0 aromatic carbocycles. The molecule has 2 heterocycles. The summed E-state index contributed by atoms with van der Waals surface area (Å²) in [6.07, 6.45) is 5.16. The highest BCUT2D eigenvalue weighted by Gasteiger charge is 2.25. The standard InChI is InChI=1S/C12H16N4O2S/c1-3-11-14-9-12(15-11)19(17,18)16(4-2)10-5-7-13-8-6-10/h5-9H,3-4H2,1-2H3,(H,14,15). The number of imidazole rings is 1. The lowest BCUT2D eigenvalue weighted by atomic mass is 10.4. The van der Waals surface area contributed by atoms with Crippen LogP contribution in [0.15, 0.2) is 35.7 Å². The van der Waals surface area contributed by atoms with Gasteiger partial charge in [0.25, 0.3) is 10.0 Å². The van der Waals surface area contributed by atoms with Crippen LogP contribution in [0.5, 0.6) is 0 Å². The topological polar surface area (TPSA) is 79.0 Å². The SMILES string of the molecule is CCc1ncc(S(=O)(=O)N(CC)c2ccncc2)[nH]1. The van der Waals surface area contributed by atoms with Crippen LogP contribution in [0.4, 0.5) is 5.69 Å². The summed E-state index contributed by atoms with van der Waals surface area (Å²) in [7, 11) is -3.61. The summed E-state index contributed by atoms with van der Waals surface area (Å²) in [5, 5.41) is 0.114. The van der Waals surface area contributed by atoms with Gasteiger partial charge < -0.3 is 4.98 Å². The van der Waals surface area contributed by atoms with Gasteiger partial charge in [-0.1, -0.05) is 6.92 Å². The molecule has 19 heavy (non-hydrogen) atoms. The third kappa shape index (κ3) is 2.60. The lowest BCUT2D eigenvalue weighted by molar-refractivity contribution is 0.588. The third-order valence-electron chi connectivity index (χ3n) is 2.75. The molecule has 2 aromatic rings. The van der Waals surface area contributed by atoms with E-state index in [-0.39, 0.29) is 5.03 Å². The van der Waals surface area contributed by atoms with Crippen LogP contribution in [0.1, 0.15) is 19.7 Å². The molecule has 0 atom stereocenters. The summed E-state index contributed by atoms with van der Waals surface area (Å²) in [5.41, 5.74) is 0.588. The number of aromatic nitrogens is 3. The van der Waals surface area contributed by atoms with Crippen LogP contribution in [-0.2, 0) is 16.4 Å². The normalized spacial score (nSPS) is 11.5. The predicted octanol–water partition coefficient (Wildman–Crippen LogP) is 1.58. The molecule has 0 saturated heterocycles. The van der Waals surface area contributed by atoms with Crippen LogP contribution in [0.3, 0.4) is 0 Å². The largest absolute Gasteiger partial charge is 0.332 e. The highest BCUT2D eigenvalue weighted by atomic mass is 32.2. The summed E-state index contributed by atoms with van der Waals surface area (Å²) in [5.74, 6) is 0.657. The molecular formula is C12H16N4O2S. The Hall–Kier alpha value is -1.89. The number of aryl methyl sites for hydroxylation is 1. The zero-order valence-corrected chi connectivity index (χ0v) is 11.7. The second kappa shape index (κ2) is 5.40. The van der Waals surface area contributed by atoms with Crippen molar-refractivity contribution in [2.75, 3.05) is 10.8 Å². The summed E-state index contributed by atoms with van der Waals surface area (Å²) in [6, 6.07) is 3.33. The van der Waals surface area contributed by atoms with Crippen molar-refractivity contribution in [2.24, 2.45) is 0 Å². The van der Waals surface area contributed by atoms with Gasteiger partial charge in [0.15, 0.2) is 5.03 Å². The molecule has 0 radical (unpaired) electrons. The van der Waals surface area contributed by atoms with E-state index in [1.54, 1.807) is 31.5 Å². The maximum atomic E-state index is 12.5. The summed E-state index contributed by atoms with van der Waals surface area (Å²) in [6.45, 7) is 4.04. The molecule has 0 aliphatic rings. The van der Waals surface area contributed by atoms with Gasteiger partial charge in [0.2, 0.25) is 0 Å². The zero-order valence-electron chi connectivity index (χ0n) is 10.9. The quantitative estimate of drug-likeness (QED) is 0.902. The van der Waals surface area contributed by atoms with Gasteiger partial charge in [-0.3, -0.25) is 9.29 Å². The second-order valence-electron chi connectivity index (χ2n) is 3.92. The Morgan fingerprint density at radius 2 is 1.95 bits per heavy atom. The predicted molar refractivity (Wildman–Crippen MR) is 72.4 cm³/mol. The Kier molecular flexibility index (Phi) is 3.84. The maximum Gasteiger partial charge on any atom is 0.281 e. The van der Waals surface area contributed by atoms with Crippen molar-refractivity contribution < 1.29 is 8.42 Å². The van der Waals surface area contributed by atoms with E-state index in [0.29, 0.717) is 24.5 Å². The van der Waals surface area contributed by atoms with Gasteiger partial charge in [-0.25, -0.2) is 4.98 Å². The number of sulfonamides is 1. The highest BCUT2D eigenvalue weighted by Crippen LogP contribution is 2.21. The van der Waals surface area contributed by atoms with Gasteiger partial charge in [-0.2, -0.15) is 8.42 Å². The van der Waals surface area contributed by atoms with Crippen LogP contribution in [0.2, 0.25) is 0 Å². The molecule has 0 unspecified atom stereocenters. The molecule has 0 aliphatic carbocycles. The fraction of sp³-hybridized carbons (Fsp3) is 0.333. The van der Waals surface area contributed by atoms with E-state index in [1.807, 2.05) is 6.92 Å². The number of nitrogens with one attached hydrogen (secondary N) is 1. The van der Waals surface area contributed by atoms with E-state index < -0.39 is 10.0 Å². The van der Waals surface area contributed by atoms with Crippen molar-refractivity contribution in [2.45, 2.75) is 25.3 Å². The molecule has 2 aromatic heterocycles. The Morgan fingerprint density at radius 1 is 1.26 bits per heavy atom. The number of aromatic amines is 1. The van der Waals surface area contributed by atoms with Gasteiger partial charge in [0.1, 0.15) is 5.82 Å². The molecule has 7 heteroatoms. The fourth-order valence-electron chi connectivity index (χ4n) is 1.77. The van der Waals surface area contributed by atoms with E-state index >= 15 is 0 Å². The molecule has 2 rings (SSSR count). The van der Waals surface area contributed by atoms with Crippen molar-refractivity contribution >= 4 is 15.7 Å². The number of anilines is 1. The first-order valence-electron chi connectivity index (χ1n) is 6.06. The first-order chi connectivity index (χ1) is 9.09. The molecule has 102 valence electrons. The van der Waals surface area contributed by atoms with Gasteiger partial charge in [0, 0.05) is 25.4 Å². The van der Waals surface area contributed by atoms with E-state index in [9.17, 15) is 8.42 Å². The van der Waals surface area contributed by atoms with E-state index in [2.05, 4.69) is 15.0 Å². The van der Waals surface area contributed by atoms with Crippen LogP contribution in [-0.4, -0.2) is 29.9 Å². The summed E-state index contributed by atoms with van der Waals surface area (Å²) < 4.78 is 26.4. The molecule has 1 N–H and O–H groups in total. The van der Waals surface area contributed by atoms with Crippen molar-refractivity contribution in [3.05, 3.63) is 36.5 Å². The molecule has 0 bridgehead atoms. The molecular weight excluding hydrogens is 264 g/mol. The van der Waals surface area contributed by atoms with Crippen molar-refractivity contribution in [3.63, 3.8) is 0 Å². The fourth-order valence-corrected chi connectivity index (χ4v) is 3.18. The maximum absolute atomic E-state index is 12.5. The van der Waals surface area contributed by atoms with Crippen molar-refractivity contribution in [1.29, 1.82) is 0 Å². The smallest absolute Gasteiger partial charge is 0.281 e. The Morgan fingerprint density at radius 3 is 2.47 bits per heavy atom. The van der Waals surface area contributed by atoms with Gasteiger partial charge in [-0.15, -0.1) is 0 Å². The number of H-pyrrole nitrogens is 1. The summed E-state index contributed by atoms with van der Waals surface area (Å²) >= 11 is 0. The van der Waals surface area contributed by atoms with Crippen molar-refractivity contribution in [3.8, 4) is 0 Å². The summed E-state index contributed by atoms with van der Waals surface area (Å²) in [4.78, 5) is 10.8. The number of hydrogen-bond donors (Lipinski definition) is 1. The zero-order chi connectivity index (χ0) is 13.9. The number of pyridine rings is 1. The molecule has 0 saturated carbocycles.